The van der Waals surface area contributed by atoms with E-state index in [9.17, 15) is 9.59 Å². The zero-order chi connectivity index (χ0) is 16.2. The number of benzene rings is 2. The smallest absolute Gasteiger partial charge is 0.335 e. The maximum atomic E-state index is 12.5. The van der Waals surface area contributed by atoms with E-state index in [2.05, 4.69) is 12.1 Å². The first-order valence-electron chi connectivity index (χ1n) is 7.80. The monoisotopic (exact) mass is 309 g/mol. The van der Waals surface area contributed by atoms with Crippen LogP contribution in [0.25, 0.3) is 0 Å². The third kappa shape index (κ3) is 3.59. The Morgan fingerprint density at radius 3 is 2.30 bits per heavy atom. The van der Waals surface area contributed by atoms with E-state index in [1.54, 1.807) is 12.1 Å². The summed E-state index contributed by atoms with van der Waals surface area (Å²) in [6.07, 6.45) is 2.00. The summed E-state index contributed by atoms with van der Waals surface area (Å²) in [4.78, 5) is 25.2. The maximum absolute atomic E-state index is 12.5. The van der Waals surface area contributed by atoms with Crippen LogP contribution in [-0.4, -0.2) is 35.0 Å². The van der Waals surface area contributed by atoms with Crippen molar-refractivity contribution in [2.24, 2.45) is 5.92 Å². The summed E-state index contributed by atoms with van der Waals surface area (Å²) in [5.74, 6) is -0.509. The second kappa shape index (κ2) is 6.65. The molecule has 4 nitrogen and oxygen atoms in total. The van der Waals surface area contributed by atoms with Gasteiger partial charge in [-0.05, 0) is 48.6 Å². The molecule has 1 fully saturated rings. The topological polar surface area (TPSA) is 57.6 Å². The van der Waals surface area contributed by atoms with Crippen LogP contribution in [0.1, 0.15) is 32.7 Å². The number of hydrogen-bond donors (Lipinski definition) is 1. The number of rotatable bonds is 4. The number of carboxylic acid groups (broad SMARTS) is 1. The summed E-state index contributed by atoms with van der Waals surface area (Å²) >= 11 is 0. The highest BCUT2D eigenvalue weighted by Crippen LogP contribution is 2.22. The highest BCUT2D eigenvalue weighted by Gasteiger charge is 2.27. The molecule has 1 heterocycles. The largest absolute Gasteiger partial charge is 0.478 e. The Bertz CT molecular complexity index is 694. The molecule has 1 unspecified atom stereocenters. The lowest BCUT2D eigenvalue weighted by atomic mass is 9.99. The van der Waals surface area contributed by atoms with Gasteiger partial charge in [0.25, 0.3) is 5.91 Å². The molecule has 0 spiro atoms. The van der Waals surface area contributed by atoms with Crippen LogP contribution in [-0.2, 0) is 6.42 Å². The minimum absolute atomic E-state index is 0.0162. The Balaban J connectivity index is 1.62. The van der Waals surface area contributed by atoms with Crippen LogP contribution in [0.2, 0.25) is 0 Å². The number of carboxylic acids is 1. The van der Waals surface area contributed by atoms with Gasteiger partial charge in [-0.1, -0.05) is 30.3 Å². The van der Waals surface area contributed by atoms with E-state index in [-0.39, 0.29) is 11.5 Å². The summed E-state index contributed by atoms with van der Waals surface area (Å²) in [6.45, 7) is 1.52. The normalized spacial score (nSPS) is 17.2. The van der Waals surface area contributed by atoms with Gasteiger partial charge in [-0.25, -0.2) is 4.79 Å². The Morgan fingerprint density at radius 2 is 1.65 bits per heavy atom. The number of nitrogens with zero attached hydrogens (tertiary/aromatic N) is 1. The summed E-state index contributed by atoms with van der Waals surface area (Å²) in [5.41, 5.74) is 2.05. The fraction of sp³-hybridized carbons (Fsp3) is 0.263. The quantitative estimate of drug-likeness (QED) is 0.944. The van der Waals surface area contributed by atoms with E-state index < -0.39 is 5.97 Å². The van der Waals surface area contributed by atoms with E-state index in [4.69, 9.17) is 5.11 Å². The second-order valence-electron chi connectivity index (χ2n) is 5.98. The van der Waals surface area contributed by atoms with Crippen molar-refractivity contribution in [1.29, 1.82) is 0 Å². The highest BCUT2D eigenvalue weighted by atomic mass is 16.4. The van der Waals surface area contributed by atoms with Crippen molar-refractivity contribution in [1.82, 2.24) is 4.90 Å². The first-order valence-corrected chi connectivity index (χ1v) is 7.80. The van der Waals surface area contributed by atoms with Crippen LogP contribution in [0.3, 0.4) is 0 Å². The molecule has 1 N–H and O–H groups in total. The van der Waals surface area contributed by atoms with E-state index in [0.29, 0.717) is 11.5 Å². The van der Waals surface area contributed by atoms with Crippen LogP contribution < -0.4 is 0 Å². The van der Waals surface area contributed by atoms with Gasteiger partial charge in [0.2, 0.25) is 0 Å². The fourth-order valence-electron chi connectivity index (χ4n) is 3.07. The van der Waals surface area contributed by atoms with Crippen molar-refractivity contribution < 1.29 is 14.7 Å². The SMILES string of the molecule is O=C(O)c1ccc(C(=O)N2CCC(Cc3ccccc3)C2)cc1. The van der Waals surface area contributed by atoms with Gasteiger partial charge in [0, 0.05) is 18.7 Å². The van der Waals surface area contributed by atoms with Gasteiger partial charge in [-0.15, -0.1) is 0 Å². The van der Waals surface area contributed by atoms with E-state index in [1.165, 1.54) is 17.7 Å². The van der Waals surface area contributed by atoms with Gasteiger partial charge >= 0.3 is 5.97 Å². The molecule has 1 atom stereocenters. The molecule has 3 rings (SSSR count). The molecule has 1 aliphatic rings. The van der Waals surface area contributed by atoms with Crippen molar-refractivity contribution in [3.05, 3.63) is 71.3 Å². The Labute approximate surface area is 135 Å². The molecule has 1 saturated heterocycles. The number of amides is 1. The van der Waals surface area contributed by atoms with Gasteiger partial charge in [0.15, 0.2) is 0 Å². The minimum Gasteiger partial charge on any atom is -0.478 e. The summed E-state index contributed by atoms with van der Waals surface area (Å²) in [5, 5.41) is 8.91. The molecule has 0 saturated carbocycles. The van der Waals surface area contributed by atoms with Crippen molar-refractivity contribution in [3.63, 3.8) is 0 Å². The van der Waals surface area contributed by atoms with Crippen LogP contribution in [0.5, 0.6) is 0 Å². The van der Waals surface area contributed by atoms with Crippen LogP contribution >= 0.6 is 0 Å². The predicted molar refractivity (Wildman–Crippen MR) is 87.6 cm³/mol. The highest BCUT2D eigenvalue weighted by molar-refractivity contribution is 5.96. The number of aromatic carboxylic acids is 1. The molecule has 1 aliphatic heterocycles. The van der Waals surface area contributed by atoms with E-state index in [0.717, 1.165) is 25.9 Å². The predicted octanol–water partition coefficient (Wildman–Crippen LogP) is 3.09. The molecule has 118 valence electrons. The summed E-state index contributed by atoms with van der Waals surface area (Å²) < 4.78 is 0. The average Bonchev–Trinajstić information content (AvgIpc) is 3.03. The third-order valence-electron chi connectivity index (χ3n) is 4.32. The molecule has 2 aromatic carbocycles. The van der Waals surface area contributed by atoms with Crippen molar-refractivity contribution in [2.75, 3.05) is 13.1 Å². The summed E-state index contributed by atoms with van der Waals surface area (Å²) in [6, 6.07) is 16.5. The van der Waals surface area contributed by atoms with Crippen LogP contribution in [0.4, 0.5) is 0 Å². The molecule has 0 aromatic heterocycles. The lowest BCUT2D eigenvalue weighted by molar-refractivity contribution is 0.0695. The van der Waals surface area contributed by atoms with E-state index >= 15 is 0 Å². The molecule has 0 bridgehead atoms. The maximum Gasteiger partial charge on any atom is 0.335 e. The van der Waals surface area contributed by atoms with Crippen molar-refractivity contribution in [3.8, 4) is 0 Å². The Kier molecular flexibility index (Phi) is 4.42. The Morgan fingerprint density at radius 1 is 1.00 bits per heavy atom. The summed E-state index contributed by atoms with van der Waals surface area (Å²) in [7, 11) is 0. The van der Waals surface area contributed by atoms with Gasteiger partial charge in [0.1, 0.15) is 0 Å². The third-order valence-corrected chi connectivity index (χ3v) is 4.32. The zero-order valence-corrected chi connectivity index (χ0v) is 12.8. The molecule has 0 aliphatic carbocycles. The van der Waals surface area contributed by atoms with Crippen LogP contribution in [0.15, 0.2) is 54.6 Å². The average molecular weight is 309 g/mol. The fourth-order valence-corrected chi connectivity index (χ4v) is 3.07. The minimum atomic E-state index is -0.979. The lowest BCUT2D eigenvalue weighted by Crippen LogP contribution is -2.29. The van der Waals surface area contributed by atoms with Gasteiger partial charge < -0.3 is 10.0 Å². The molecular formula is C19H19NO3. The van der Waals surface area contributed by atoms with Crippen molar-refractivity contribution in [2.45, 2.75) is 12.8 Å². The van der Waals surface area contributed by atoms with Gasteiger partial charge in [-0.2, -0.15) is 0 Å². The molecule has 1 amide bonds. The van der Waals surface area contributed by atoms with E-state index in [1.807, 2.05) is 23.1 Å². The first kappa shape index (κ1) is 15.3. The lowest BCUT2D eigenvalue weighted by Gasteiger charge is -2.17. The molecule has 4 heteroatoms. The number of likely N-dealkylation sites (tertiary alicyclic amines) is 1. The van der Waals surface area contributed by atoms with Crippen molar-refractivity contribution >= 4 is 11.9 Å². The second-order valence-corrected chi connectivity index (χ2v) is 5.98. The van der Waals surface area contributed by atoms with Crippen LogP contribution in [0, 0.1) is 5.92 Å². The zero-order valence-electron chi connectivity index (χ0n) is 12.8. The number of hydrogen-bond acceptors (Lipinski definition) is 2. The van der Waals surface area contributed by atoms with Gasteiger partial charge in [-0.3, -0.25) is 4.79 Å². The van der Waals surface area contributed by atoms with Gasteiger partial charge in [0.05, 0.1) is 5.56 Å². The number of carbonyl (C=O) groups is 2. The molecule has 2 aromatic rings. The standard InChI is InChI=1S/C19H19NO3/c21-18(16-6-8-17(9-7-16)19(22)23)20-11-10-15(13-20)12-14-4-2-1-3-5-14/h1-9,15H,10-13H2,(H,22,23). The Hall–Kier alpha value is -2.62. The first-order chi connectivity index (χ1) is 11.1. The molecule has 23 heavy (non-hydrogen) atoms. The number of carbonyl (C=O) groups excluding carboxylic acids is 1. The molecule has 0 radical (unpaired) electrons. The molecular weight excluding hydrogens is 290 g/mol.